The van der Waals surface area contributed by atoms with Crippen molar-refractivity contribution in [2.75, 3.05) is 92.4 Å². The van der Waals surface area contributed by atoms with Crippen molar-refractivity contribution in [1.82, 2.24) is 36.4 Å². The Kier molecular flexibility index (Phi) is 27.1. The van der Waals surface area contributed by atoms with E-state index in [1.807, 2.05) is 24.8 Å². The van der Waals surface area contributed by atoms with E-state index in [0.717, 1.165) is 48.8 Å². The number of methoxy groups -OCH3 is 1. The fourth-order valence-corrected chi connectivity index (χ4v) is 15.7. The SMILES string of the molecule is C=C1C[C@@H]2CC[C@@]34CC5OC6C(O[C@@H](CC[C@@H](C)CC(=O)C[C@@H]7[C@@H](OC)[C@@H](C[C@H](O)CNC(=O)CNC(=O)[C@H](Cc8ccccc8)NC(=O)CNC(=O)CNC(=O)CCN8CCOCCN(C(=O)CCC)CCOCC8)O[C@H]7C[C@H]7O[C@@H](CC[C@@H]1O2)C[C@@H](C)C7=C)[C@H](O)[C@@H]6O3)[C@H]5O4. The number of aliphatic hydroxyl groups excluding tert-OH is 2. The minimum atomic E-state index is -1.15. The monoisotopic (exact) mass is 1360 g/mol. The molecule has 1 spiro atoms. The van der Waals surface area contributed by atoms with Crippen LogP contribution in [0.4, 0.5) is 0 Å². The maximum atomic E-state index is 14.4. The average Bonchev–Trinajstić information content (AvgIpc) is 1.56. The Morgan fingerprint density at radius 1 is 0.701 bits per heavy atom. The Morgan fingerprint density at radius 3 is 2.13 bits per heavy atom. The topological polar surface area (TPSA) is 319 Å². The first-order valence-electron chi connectivity index (χ1n) is 35.7. The molecule has 0 aromatic heterocycles. The minimum absolute atomic E-state index is 0.0230. The summed E-state index contributed by atoms with van der Waals surface area (Å²) in [4.78, 5) is 96.6. The number of benzene rings is 1. The predicted molar refractivity (Wildman–Crippen MR) is 352 cm³/mol. The molecule has 0 aliphatic carbocycles. The number of nitrogens with one attached hydrogen (secondary N) is 5. The quantitative estimate of drug-likeness (QED) is 0.0921. The zero-order valence-electron chi connectivity index (χ0n) is 57.2. The molecule has 1 aromatic carbocycles. The molecule has 3 unspecified atom stereocenters. The molecule has 6 amide bonds. The molecule has 10 aliphatic heterocycles. The zero-order chi connectivity index (χ0) is 68.8. The molecule has 1 aromatic rings. The normalized spacial score (nSPS) is 35.1. The van der Waals surface area contributed by atoms with Crippen LogP contribution in [0.25, 0.3) is 0 Å². The van der Waals surface area contributed by atoms with Crippen molar-refractivity contribution < 1.29 is 91.1 Å². The van der Waals surface area contributed by atoms with Gasteiger partial charge in [0, 0.05) is 110 Å². The Hall–Kier alpha value is -5.33. The largest absolute Gasteiger partial charge is 0.391 e. The molecule has 10 aliphatic rings. The second-order valence-electron chi connectivity index (χ2n) is 28.4. The first-order valence-corrected chi connectivity index (χ1v) is 35.7. The Bertz CT molecular complexity index is 2840. The number of Topliss-reactive ketones (excluding diaryl/α,β-unsaturated/α-hetero) is 1. The summed E-state index contributed by atoms with van der Waals surface area (Å²) in [7, 11) is 1.57. The number of ketones is 1. The van der Waals surface area contributed by atoms with Crippen molar-refractivity contribution in [1.29, 1.82) is 0 Å². The van der Waals surface area contributed by atoms with E-state index in [-0.39, 0.29) is 117 Å². The highest BCUT2D eigenvalue weighted by molar-refractivity contribution is 5.93. The van der Waals surface area contributed by atoms with Gasteiger partial charge in [0.25, 0.3) is 0 Å². The van der Waals surface area contributed by atoms with Crippen molar-refractivity contribution in [3.63, 3.8) is 0 Å². The number of aliphatic hydroxyl groups is 2. The van der Waals surface area contributed by atoms with Crippen LogP contribution in [0.1, 0.15) is 129 Å². The van der Waals surface area contributed by atoms with E-state index < -0.39 is 103 Å². The van der Waals surface area contributed by atoms with Gasteiger partial charge in [0.2, 0.25) is 35.4 Å². The average molecular weight is 1360 g/mol. The summed E-state index contributed by atoms with van der Waals surface area (Å²) in [5, 5.41) is 36.5. The number of fused-ring (bicyclic) bond motifs is 6. The van der Waals surface area contributed by atoms with Gasteiger partial charge in [-0.05, 0) is 79.9 Å². The lowest BCUT2D eigenvalue weighted by Crippen LogP contribution is -2.58. The molecule has 7 N–H and O–H groups in total. The zero-order valence-corrected chi connectivity index (χ0v) is 57.2. The van der Waals surface area contributed by atoms with Gasteiger partial charge in [-0.3, -0.25) is 38.5 Å². The molecule has 20 atom stereocenters. The molecule has 26 heteroatoms. The van der Waals surface area contributed by atoms with Gasteiger partial charge in [0.1, 0.15) is 42.3 Å². The first kappa shape index (κ1) is 74.4. The van der Waals surface area contributed by atoms with E-state index in [2.05, 4.69) is 46.7 Å². The van der Waals surface area contributed by atoms with Crippen LogP contribution in [0.15, 0.2) is 54.6 Å². The van der Waals surface area contributed by atoms with Gasteiger partial charge in [-0.25, -0.2) is 0 Å². The van der Waals surface area contributed by atoms with Gasteiger partial charge in [-0.2, -0.15) is 0 Å². The van der Waals surface area contributed by atoms with Gasteiger partial charge in [-0.1, -0.05) is 64.3 Å². The van der Waals surface area contributed by atoms with E-state index in [0.29, 0.717) is 104 Å². The summed E-state index contributed by atoms with van der Waals surface area (Å²) in [6.07, 6.45) is 1.17. The third kappa shape index (κ3) is 20.2. The van der Waals surface area contributed by atoms with Crippen LogP contribution < -0.4 is 26.6 Å². The van der Waals surface area contributed by atoms with Crippen molar-refractivity contribution in [3.8, 4) is 0 Å². The highest BCUT2D eigenvalue weighted by Gasteiger charge is 2.68. The van der Waals surface area contributed by atoms with Crippen LogP contribution in [0.3, 0.4) is 0 Å². The third-order valence-corrected chi connectivity index (χ3v) is 21.0. The lowest BCUT2D eigenvalue weighted by Gasteiger charge is -2.41. The number of rotatable bonds is 20. The summed E-state index contributed by atoms with van der Waals surface area (Å²) in [5.74, 6) is -4.08. The fourth-order valence-electron chi connectivity index (χ4n) is 15.7. The summed E-state index contributed by atoms with van der Waals surface area (Å²) in [6, 6.07) is 7.80. The van der Waals surface area contributed by atoms with Crippen LogP contribution in [-0.4, -0.2) is 257 Å². The number of carbonyl (C=O) groups is 7. The Labute approximate surface area is 570 Å². The van der Waals surface area contributed by atoms with Crippen LogP contribution in [-0.2, 0) is 87.4 Å². The second-order valence-corrected chi connectivity index (χ2v) is 28.4. The third-order valence-electron chi connectivity index (χ3n) is 21.0. The number of carbonyl (C=O) groups excluding carboxylic acids is 7. The smallest absolute Gasteiger partial charge is 0.243 e. The number of ether oxygens (including phenoxy) is 10. The maximum Gasteiger partial charge on any atom is 0.243 e. The number of amides is 6. The summed E-state index contributed by atoms with van der Waals surface area (Å²) in [6.45, 7) is 17.6. The fraction of sp³-hybridized carbons (Fsp3) is 0.761. The predicted octanol–water partition coefficient (Wildman–Crippen LogP) is 2.27. The molecule has 10 heterocycles. The van der Waals surface area contributed by atoms with Gasteiger partial charge >= 0.3 is 0 Å². The molecular weight excluding hydrogens is 1250 g/mol. The summed E-state index contributed by atoms with van der Waals surface area (Å²) < 4.78 is 64.9. The van der Waals surface area contributed by atoms with Gasteiger partial charge < -0.3 is 89.1 Å². The molecule has 540 valence electrons. The van der Waals surface area contributed by atoms with E-state index in [1.165, 1.54) is 0 Å². The van der Waals surface area contributed by atoms with Crippen molar-refractivity contribution in [3.05, 3.63) is 60.2 Å². The first-order chi connectivity index (χ1) is 46.7. The lowest BCUT2D eigenvalue weighted by molar-refractivity contribution is -0.274. The Morgan fingerprint density at radius 2 is 1.38 bits per heavy atom. The molecule has 0 radical (unpaired) electrons. The van der Waals surface area contributed by atoms with Crippen molar-refractivity contribution >= 4 is 41.2 Å². The van der Waals surface area contributed by atoms with E-state index >= 15 is 0 Å². The van der Waals surface area contributed by atoms with Gasteiger partial charge in [0.15, 0.2) is 5.79 Å². The van der Waals surface area contributed by atoms with Crippen LogP contribution >= 0.6 is 0 Å². The molecule has 10 fully saturated rings. The van der Waals surface area contributed by atoms with Crippen LogP contribution in [0.5, 0.6) is 0 Å². The lowest BCUT2D eigenvalue weighted by atomic mass is 9.81. The minimum Gasteiger partial charge on any atom is -0.391 e. The van der Waals surface area contributed by atoms with Crippen molar-refractivity contribution in [2.24, 2.45) is 17.8 Å². The molecule has 0 saturated carbocycles. The Balaban J connectivity index is 0.696. The molecular formula is C71H107N7O19. The summed E-state index contributed by atoms with van der Waals surface area (Å²) >= 11 is 0. The second kappa shape index (κ2) is 35.3. The molecule has 11 rings (SSSR count). The van der Waals surface area contributed by atoms with Gasteiger partial charge in [0.05, 0.1) is 107 Å². The number of nitrogens with zero attached hydrogens (tertiary/aromatic N) is 2. The van der Waals surface area contributed by atoms with Crippen LogP contribution in [0, 0.1) is 17.8 Å². The highest BCUT2D eigenvalue weighted by atomic mass is 16.8. The number of hydrogen-bond acceptors (Lipinski definition) is 20. The number of hydrogen-bond donors (Lipinski definition) is 7. The van der Waals surface area contributed by atoms with Crippen LogP contribution in [0.2, 0.25) is 0 Å². The van der Waals surface area contributed by atoms with E-state index in [9.17, 15) is 43.8 Å². The summed E-state index contributed by atoms with van der Waals surface area (Å²) in [5.41, 5.74) is 2.72. The van der Waals surface area contributed by atoms with Gasteiger partial charge in [-0.15, -0.1) is 0 Å². The molecule has 97 heavy (non-hydrogen) atoms. The van der Waals surface area contributed by atoms with Crippen molar-refractivity contribution in [2.45, 2.75) is 233 Å². The highest BCUT2D eigenvalue weighted by Crippen LogP contribution is 2.53. The van der Waals surface area contributed by atoms with E-state index in [1.54, 1.807) is 36.3 Å². The molecule has 10 saturated heterocycles. The molecule has 11 bridgehead atoms. The van der Waals surface area contributed by atoms with E-state index in [4.69, 9.17) is 47.4 Å². The maximum absolute atomic E-state index is 14.4. The standard InChI is InChI=1S/C71H107N7O19/c1-7-11-63(85)78-24-28-89-26-22-77(23-27-90-29-25-78)21-19-59(81)73-39-60(82)74-41-62(84)76-52(33-46-12-9-8-10-13-46)70(87)75-40-61(83)72-38-48(80)35-57-65(88-6)51-34-47(79)30-42(2)14-16-54-64(86)67-69-68(94-54)66-58(95-69)37-71(96-66,97-67)20-18-50-32-44(4)53(91-50)17-15-49-31-43(3)45(5)55(92-49)36-56(51)93-57/h8-10,12-13,42-43,48-58,64-69,80,86H,4-5,7,11,14-41H2,1-3,6H3,(H,72,83)(H,73,81)(H,74,82)(H,75,87)(H,76,84)/t42-,43-,48+,49+,50+,51+,52+,53+,54+,55-,56+,57-,58?,64+,65-,66+,67+,68?,69?,71+/m1/s1. The molecule has 26 nitrogen and oxygen atoms in total.